The maximum atomic E-state index is 12.7. The van der Waals surface area contributed by atoms with Crippen molar-refractivity contribution in [3.8, 4) is 11.5 Å². The number of aliphatic hydroxyl groups excluding tert-OH is 1. The van der Waals surface area contributed by atoms with E-state index >= 15 is 0 Å². The molecule has 184 valence electrons. The van der Waals surface area contributed by atoms with Gasteiger partial charge in [-0.3, -0.25) is 9.59 Å². The van der Waals surface area contributed by atoms with Crippen LogP contribution in [0.5, 0.6) is 11.5 Å². The van der Waals surface area contributed by atoms with Crippen LogP contribution in [0.25, 0.3) is 0 Å². The second-order valence-electron chi connectivity index (χ2n) is 7.25. The average Bonchev–Trinajstić information content (AvgIpc) is 3.28. The zero-order chi connectivity index (χ0) is 25.2. The summed E-state index contributed by atoms with van der Waals surface area (Å²) in [7, 11) is 3.10. The number of rotatable bonds is 12. The van der Waals surface area contributed by atoms with Crippen molar-refractivity contribution in [3.63, 3.8) is 0 Å². The molecule has 11 heteroatoms. The SMILES string of the molecule is C=CCn1c(SCC(=O)Nc2cccc(OC)c2)nnc1C(CO)NC(=O)c1ccc(OC)cc1. The van der Waals surface area contributed by atoms with Crippen molar-refractivity contribution >= 4 is 29.3 Å². The van der Waals surface area contributed by atoms with Gasteiger partial charge in [-0.1, -0.05) is 23.9 Å². The highest BCUT2D eigenvalue weighted by atomic mass is 32.2. The zero-order valence-electron chi connectivity index (χ0n) is 19.4. The summed E-state index contributed by atoms with van der Waals surface area (Å²) in [5, 5.41) is 24.3. The molecule has 1 unspecified atom stereocenters. The van der Waals surface area contributed by atoms with E-state index in [0.717, 1.165) is 0 Å². The Balaban J connectivity index is 1.69. The fraction of sp³-hybridized carbons (Fsp3) is 0.250. The summed E-state index contributed by atoms with van der Waals surface area (Å²) >= 11 is 1.18. The first-order valence-electron chi connectivity index (χ1n) is 10.7. The number of ether oxygens (including phenoxy) is 2. The number of amides is 2. The number of thioether (sulfide) groups is 1. The minimum atomic E-state index is -0.808. The molecule has 2 aromatic carbocycles. The summed E-state index contributed by atoms with van der Waals surface area (Å²) < 4.78 is 12.0. The average molecular weight is 498 g/mol. The van der Waals surface area contributed by atoms with E-state index in [1.807, 2.05) is 0 Å². The van der Waals surface area contributed by atoms with Crippen LogP contribution in [-0.2, 0) is 11.3 Å². The fourth-order valence-corrected chi connectivity index (χ4v) is 3.92. The first-order valence-corrected chi connectivity index (χ1v) is 11.6. The number of aromatic nitrogens is 3. The maximum Gasteiger partial charge on any atom is 0.251 e. The van der Waals surface area contributed by atoms with Gasteiger partial charge in [0.25, 0.3) is 5.91 Å². The number of aliphatic hydroxyl groups is 1. The summed E-state index contributed by atoms with van der Waals surface area (Å²) in [6.07, 6.45) is 1.65. The molecule has 0 aliphatic heterocycles. The molecular weight excluding hydrogens is 470 g/mol. The van der Waals surface area contributed by atoms with Gasteiger partial charge in [-0.15, -0.1) is 16.8 Å². The lowest BCUT2D eigenvalue weighted by atomic mass is 10.2. The minimum absolute atomic E-state index is 0.0779. The molecule has 0 aliphatic carbocycles. The van der Waals surface area contributed by atoms with Crippen molar-refractivity contribution in [3.05, 3.63) is 72.6 Å². The quantitative estimate of drug-likeness (QED) is 0.257. The first-order chi connectivity index (χ1) is 17.0. The molecule has 0 saturated carbocycles. The van der Waals surface area contributed by atoms with Gasteiger partial charge in [0.05, 0.1) is 26.6 Å². The van der Waals surface area contributed by atoms with Crippen molar-refractivity contribution in [2.24, 2.45) is 0 Å². The molecule has 0 bridgehead atoms. The monoisotopic (exact) mass is 497 g/mol. The van der Waals surface area contributed by atoms with Crippen molar-refractivity contribution in [2.45, 2.75) is 17.7 Å². The number of anilines is 1. The Morgan fingerprint density at radius 2 is 1.89 bits per heavy atom. The summed E-state index contributed by atoms with van der Waals surface area (Å²) in [6, 6.07) is 12.8. The van der Waals surface area contributed by atoms with Gasteiger partial charge in [0, 0.05) is 23.9 Å². The van der Waals surface area contributed by atoms with Crippen molar-refractivity contribution in [1.82, 2.24) is 20.1 Å². The number of carbonyl (C=O) groups excluding carboxylic acids is 2. The molecule has 3 N–H and O–H groups in total. The van der Waals surface area contributed by atoms with Crippen molar-refractivity contribution < 1.29 is 24.2 Å². The van der Waals surface area contributed by atoms with Crippen molar-refractivity contribution in [2.75, 3.05) is 31.9 Å². The van der Waals surface area contributed by atoms with E-state index in [1.54, 1.807) is 73.4 Å². The van der Waals surface area contributed by atoms with Crippen LogP contribution in [0.15, 0.2) is 66.3 Å². The highest BCUT2D eigenvalue weighted by molar-refractivity contribution is 7.99. The number of nitrogens with one attached hydrogen (secondary N) is 2. The molecule has 0 saturated heterocycles. The summed E-state index contributed by atoms with van der Waals surface area (Å²) in [4.78, 5) is 25.1. The van der Waals surface area contributed by atoms with E-state index in [-0.39, 0.29) is 17.6 Å². The third-order valence-corrected chi connectivity index (χ3v) is 5.86. The van der Waals surface area contributed by atoms with Crippen LogP contribution in [0.3, 0.4) is 0 Å². The predicted octanol–water partition coefficient (Wildman–Crippen LogP) is 2.68. The normalized spacial score (nSPS) is 11.4. The van der Waals surface area contributed by atoms with Gasteiger partial charge in [-0.25, -0.2) is 0 Å². The molecule has 3 aromatic rings. The molecule has 0 spiro atoms. The molecule has 0 radical (unpaired) electrons. The molecule has 0 fully saturated rings. The van der Waals surface area contributed by atoms with Crippen LogP contribution in [0.1, 0.15) is 22.2 Å². The molecule has 3 rings (SSSR count). The number of carbonyl (C=O) groups is 2. The summed E-state index contributed by atoms with van der Waals surface area (Å²) in [6.45, 7) is 3.70. The largest absolute Gasteiger partial charge is 0.497 e. The molecular formula is C24H27N5O5S. The smallest absolute Gasteiger partial charge is 0.251 e. The van der Waals surface area contributed by atoms with Gasteiger partial charge >= 0.3 is 0 Å². The van der Waals surface area contributed by atoms with Crippen LogP contribution < -0.4 is 20.1 Å². The van der Waals surface area contributed by atoms with E-state index < -0.39 is 12.6 Å². The van der Waals surface area contributed by atoms with Crippen LogP contribution in [-0.4, -0.2) is 58.3 Å². The third kappa shape index (κ3) is 6.84. The highest BCUT2D eigenvalue weighted by Gasteiger charge is 2.23. The number of methoxy groups -OCH3 is 2. The Bertz CT molecular complexity index is 1170. The lowest BCUT2D eigenvalue weighted by Gasteiger charge is -2.17. The number of hydrogen-bond donors (Lipinski definition) is 3. The van der Waals surface area contributed by atoms with Crippen LogP contribution in [0.4, 0.5) is 5.69 Å². The van der Waals surface area contributed by atoms with Gasteiger partial charge in [-0.2, -0.15) is 0 Å². The second-order valence-corrected chi connectivity index (χ2v) is 8.19. The Labute approximate surface area is 207 Å². The topological polar surface area (TPSA) is 128 Å². The lowest BCUT2D eigenvalue weighted by Crippen LogP contribution is -2.33. The fourth-order valence-electron chi connectivity index (χ4n) is 3.17. The van der Waals surface area contributed by atoms with Crippen LogP contribution >= 0.6 is 11.8 Å². The number of allylic oxidation sites excluding steroid dienone is 1. The molecule has 1 heterocycles. The zero-order valence-corrected chi connectivity index (χ0v) is 20.2. The number of benzene rings is 2. The van der Waals surface area contributed by atoms with Crippen LogP contribution in [0, 0.1) is 0 Å². The molecule has 2 amide bonds. The maximum absolute atomic E-state index is 12.7. The highest BCUT2D eigenvalue weighted by Crippen LogP contribution is 2.23. The van der Waals surface area contributed by atoms with Gasteiger partial charge in [0.2, 0.25) is 5.91 Å². The van der Waals surface area contributed by atoms with E-state index in [0.29, 0.717) is 40.3 Å². The number of hydrogen-bond acceptors (Lipinski definition) is 8. The van der Waals surface area contributed by atoms with E-state index in [4.69, 9.17) is 9.47 Å². The molecule has 35 heavy (non-hydrogen) atoms. The van der Waals surface area contributed by atoms with Gasteiger partial charge in [0.1, 0.15) is 17.5 Å². The van der Waals surface area contributed by atoms with Gasteiger partial charge < -0.3 is 29.8 Å². The second kappa shape index (κ2) is 12.6. The van der Waals surface area contributed by atoms with E-state index in [1.165, 1.54) is 11.8 Å². The Morgan fingerprint density at radius 3 is 2.54 bits per heavy atom. The summed E-state index contributed by atoms with van der Waals surface area (Å²) in [5.74, 6) is 1.08. The Morgan fingerprint density at radius 1 is 1.14 bits per heavy atom. The minimum Gasteiger partial charge on any atom is -0.497 e. The van der Waals surface area contributed by atoms with E-state index in [2.05, 4.69) is 27.4 Å². The molecule has 10 nitrogen and oxygen atoms in total. The van der Waals surface area contributed by atoms with Crippen molar-refractivity contribution in [1.29, 1.82) is 0 Å². The Kier molecular flexibility index (Phi) is 9.27. The molecule has 1 atom stereocenters. The van der Waals surface area contributed by atoms with Gasteiger partial charge in [-0.05, 0) is 36.4 Å². The first kappa shape index (κ1) is 25.8. The Hall–Kier alpha value is -3.83. The molecule has 0 aliphatic rings. The van der Waals surface area contributed by atoms with E-state index in [9.17, 15) is 14.7 Å². The summed E-state index contributed by atoms with van der Waals surface area (Å²) in [5.41, 5.74) is 1.02. The van der Waals surface area contributed by atoms with Gasteiger partial charge in [0.15, 0.2) is 11.0 Å². The number of nitrogens with zero attached hydrogens (tertiary/aromatic N) is 3. The van der Waals surface area contributed by atoms with Crippen LogP contribution in [0.2, 0.25) is 0 Å². The lowest BCUT2D eigenvalue weighted by molar-refractivity contribution is -0.113. The predicted molar refractivity (Wildman–Crippen MR) is 133 cm³/mol. The standard InChI is InChI=1S/C24H27N5O5S/c1-4-12-29-22(20(14-30)26-23(32)16-8-10-18(33-2)11-9-16)27-28-24(29)35-15-21(31)25-17-6-5-7-19(13-17)34-3/h4-11,13,20,30H,1,12,14-15H2,2-3H3,(H,25,31)(H,26,32). The third-order valence-electron chi connectivity index (χ3n) is 4.89. The molecule has 1 aromatic heterocycles.